The van der Waals surface area contributed by atoms with E-state index in [2.05, 4.69) is 0 Å². The van der Waals surface area contributed by atoms with E-state index in [1.807, 2.05) is 0 Å². The average Bonchev–Trinajstić information content (AvgIpc) is 2.65. The van der Waals surface area contributed by atoms with Gasteiger partial charge >= 0.3 is 20.4 Å². The zero-order valence-corrected chi connectivity index (χ0v) is 18.1. The zero-order chi connectivity index (χ0) is 25.9. The first kappa shape index (κ1) is 25.6. The first-order chi connectivity index (χ1) is 15.0. The fourth-order valence-corrected chi connectivity index (χ4v) is 4.69. The number of phenolic OH excluding ortho intramolecular Hbond substituents is 2. The quantitative estimate of drug-likeness (QED) is 0.248. The first-order valence-electron chi connectivity index (χ1n) is 8.87. The Kier molecular flexibility index (Phi) is 4.79. The van der Waals surface area contributed by atoms with Gasteiger partial charge in [0.05, 0.1) is 0 Å². The molecule has 0 bridgehead atoms. The summed E-state index contributed by atoms with van der Waals surface area (Å²) in [5.74, 6) is -2.86. The molecule has 14 heteroatoms. The molecule has 4 rings (SSSR count). The van der Waals surface area contributed by atoms with E-state index < -0.39 is 41.7 Å². The first-order valence-corrected chi connectivity index (χ1v) is 12.8. The molecule has 0 unspecified atom stereocenters. The van der Waals surface area contributed by atoms with Gasteiger partial charge in [0.25, 0.3) is 0 Å². The molecular weight excluding hydrogens is 526 g/mol. The number of phenols is 2. The molecule has 4 aromatic carbocycles. The molecule has 188 valence electrons. The minimum Gasteiger partial charge on any atom is -0.506 e. The summed E-state index contributed by atoms with van der Waals surface area (Å²) in [7, 11) is -19.7. The van der Waals surface area contributed by atoms with Crippen molar-refractivity contribution < 1.29 is 49.1 Å². The van der Waals surface area contributed by atoms with Crippen LogP contribution < -0.4 is 0 Å². The summed E-state index contributed by atoms with van der Waals surface area (Å²) >= 11 is 0. The third-order valence-electron chi connectivity index (χ3n) is 4.56. The van der Waals surface area contributed by atoms with Crippen LogP contribution in [0.4, 0.5) is 38.9 Å². The standard InChI is InChI=1S/2C10H7F5OS/c2*11-17(12,13,14,15)9-6-5-7-3-1-2-4-8(7)10(9)16/h2*1-6,16H. The van der Waals surface area contributed by atoms with Crippen molar-refractivity contribution >= 4 is 42.0 Å². The van der Waals surface area contributed by atoms with E-state index in [9.17, 15) is 49.1 Å². The molecule has 0 aliphatic heterocycles. The molecule has 0 spiro atoms. The third-order valence-corrected chi connectivity index (χ3v) is 6.88. The smallest absolute Gasteiger partial charge is 0.313 e. The Labute approximate surface area is 185 Å². The Balaban J connectivity index is 0.000000191. The van der Waals surface area contributed by atoms with E-state index in [0.717, 1.165) is 24.3 Å². The fraction of sp³-hybridized carbons (Fsp3) is 0. The normalized spacial score (nSPS) is 16.5. The van der Waals surface area contributed by atoms with Gasteiger partial charge in [-0.3, -0.25) is 0 Å². The molecule has 0 amide bonds. The molecule has 2 nitrogen and oxygen atoms in total. The Morgan fingerprint density at radius 3 is 1.00 bits per heavy atom. The maximum absolute atomic E-state index is 12.6. The van der Waals surface area contributed by atoms with Crippen LogP contribution in [0, 0.1) is 0 Å². The van der Waals surface area contributed by atoms with Crippen LogP contribution >= 0.6 is 20.4 Å². The second-order valence-corrected chi connectivity index (χ2v) is 12.0. The summed E-state index contributed by atoms with van der Waals surface area (Å²) in [4.78, 5) is -4.49. The van der Waals surface area contributed by atoms with Crippen molar-refractivity contribution in [3.63, 3.8) is 0 Å². The number of halogens is 10. The molecule has 4 aromatic rings. The van der Waals surface area contributed by atoms with Crippen LogP contribution in [0.3, 0.4) is 0 Å². The number of rotatable bonds is 2. The van der Waals surface area contributed by atoms with Crippen molar-refractivity contribution in [3.8, 4) is 11.5 Å². The lowest BCUT2D eigenvalue weighted by atomic mass is 10.1. The summed E-state index contributed by atoms with van der Waals surface area (Å²) in [5, 5.41) is 18.7. The Bertz CT molecular complexity index is 1320. The monoisotopic (exact) mass is 540 g/mol. The maximum atomic E-state index is 12.6. The van der Waals surface area contributed by atoms with Crippen molar-refractivity contribution in [3.05, 3.63) is 72.8 Å². The molecule has 0 aromatic heterocycles. The van der Waals surface area contributed by atoms with Crippen LogP contribution in [0.2, 0.25) is 0 Å². The predicted octanol–water partition coefficient (Wildman–Crippen LogP) is 10.4. The van der Waals surface area contributed by atoms with Crippen molar-refractivity contribution in [2.24, 2.45) is 0 Å². The van der Waals surface area contributed by atoms with Crippen LogP contribution in [0.25, 0.3) is 21.5 Å². The molecule has 0 aliphatic carbocycles. The Hall–Kier alpha value is -3.00. The van der Waals surface area contributed by atoms with E-state index in [-0.39, 0.29) is 33.7 Å². The van der Waals surface area contributed by atoms with Gasteiger partial charge in [-0.1, -0.05) is 99.5 Å². The highest BCUT2D eigenvalue weighted by molar-refractivity contribution is 8.46. The molecule has 34 heavy (non-hydrogen) atoms. The van der Waals surface area contributed by atoms with Crippen molar-refractivity contribution in [1.29, 1.82) is 0 Å². The highest BCUT2D eigenvalue weighted by Crippen LogP contribution is 3.03. The van der Waals surface area contributed by atoms with Crippen LogP contribution in [-0.2, 0) is 0 Å². The van der Waals surface area contributed by atoms with Crippen molar-refractivity contribution in [2.75, 3.05) is 0 Å². The lowest BCUT2D eigenvalue weighted by molar-refractivity contribution is 0.349. The summed E-state index contributed by atoms with van der Waals surface area (Å²) in [5.41, 5.74) is 0. The second kappa shape index (κ2) is 6.36. The fourth-order valence-electron chi connectivity index (χ4n) is 3.09. The molecular formula is C20H14F10O2S2. The predicted molar refractivity (Wildman–Crippen MR) is 114 cm³/mol. The SMILES string of the molecule is Oc1c(S(F)(F)(F)(F)F)ccc2ccccc12.Oc1c(S(F)(F)(F)(F)F)ccc2ccccc12. The van der Waals surface area contributed by atoms with Crippen LogP contribution in [0.1, 0.15) is 0 Å². The van der Waals surface area contributed by atoms with Crippen molar-refractivity contribution in [1.82, 2.24) is 0 Å². The van der Waals surface area contributed by atoms with Crippen LogP contribution in [-0.4, -0.2) is 10.2 Å². The summed E-state index contributed by atoms with van der Waals surface area (Å²) < 4.78 is 126. The highest BCUT2D eigenvalue weighted by Gasteiger charge is 2.68. The van der Waals surface area contributed by atoms with E-state index in [0.29, 0.717) is 0 Å². The second-order valence-electron chi connectivity index (χ2n) is 7.20. The van der Waals surface area contributed by atoms with Gasteiger partial charge in [-0.2, -0.15) is 0 Å². The van der Waals surface area contributed by atoms with Gasteiger partial charge in [0.15, 0.2) is 0 Å². The number of hydrogen-bond acceptors (Lipinski definition) is 2. The van der Waals surface area contributed by atoms with Gasteiger partial charge in [0.1, 0.15) is 21.3 Å². The summed E-state index contributed by atoms with van der Waals surface area (Å²) in [6.07, 6.45) is 0. The molecule has 2 N–H and O–H groups in total. The van der Waals surface area contributed by atoms with Gasteiger partial charge in [0.2, 0.25) is 0 Å². The average molecular weight is 540 g/mol. The number of benzene rings is 4. The largest absolute Gasteiger partial charge is 0.506 e. The zero-order valence-electron chi connectivity index (χ0n) is 16.4. The molecule has 0 saturated carbocycles. The number of aromatic hydroxyl groups is 2. The number of fused-ring (bicyclic) bond motifs is 2. The lowest BCUT2D eigenvalue weighted by Gasteiger charge is -2.40. The van der Waals surface area contributed by atoms with E-state index >= 15 is 0 Å². The summed E-state index contributed by atoms with van der Waals surface area (Å²) in [6.45, 7) is 0. The number of hydrogen-bond donors (Lipinski definition) is 2. The maximum Gasteiger partial charge on any atom is 0.313 e. The Morgan fingerprint density at radius 2 is 0.706 bits per heavy atom. The van der Waals surface area contributed by atoms with Gasteiger partial charge in [-0.15, -0.1) is 0 Å². The van der Waals surface area contributed by atoms with Gasteiger partial charge in [-0.25, -0.2) is 0 Å². The third kappa shape index (κ3) is 5.38. The molecule has 0 saturated heterocycles. The van der Waals surface area contributed by atoms with E-state index in [1.54, 1.807) is 0 Å². The van der Waals surface area contributed by atoms with Gasteiger partial charge < -0.3 is 10.2 Å². The van der Waals surface area contributed by atoms with Crippen molar-refractivity contribution in [2.45, 2.75) is 9.79 Å². The Morgan fingerprint density at radius 1 is 0.412 bits per heavy atom. The minimum atomic E-state index is -9.85. The van der Waals surface area contributed by atoms with E-state index in [4.69, 9.17) is 0 Å². The van der Waals surface area contributed by atoms with Gasteiger partial charge in [0, 0.05) is 10.8 Å². The molecule has 0 heterocycles. The molecule has 0 fully saturated rings. The van der Waals surface area contributed by atoms with E-state index in [1.165, 1.54) is 36.4 Å². The topological polar surface area (TPSA) is 40.5 Å². The van der Waals surface area contributed by atoms with Crippen LogP contribution in [0.5, 0.6) is 11.5 Å². The molecule has 0 radical (unpaired) electrons. The highest BCUT2D eigenvalue weighted by atomic mass is 32.5. The minimum absolute atomic E-state index is 0.208. The van der Waals surface area contributed by atoms with Crippen LogP contribution in [0.15, 0.2) is 82.6 Å². The molecule has 0 aliphatic rings. The summed E-state index contributed by atoms with van der Waals surface area (Å²) in [6, 6.07) is 13.1. The molecule has 0 atom stereocenters. The lowest BCUT2D eigenvalue weighted by Crippen LogP contribution is -2.06. The van der Waals surface area contributed by atoms with Gasteiger partial charge in [-0.05, 0) is 22.9 Å².